The van der Waals surface area contributed by atoms with Gasteiger partial charge in [-0.15, -0.1) is 5.10 Å². The second-order valence-electron chi connectivity index (χ2n) is 4.57. The highest BCUT2D eigenvalue weighted by Gasteiger charge is 2.28. The van der Waals surface area contributed by atoms with E-state index in [9.17, 15) is 0 Å². The maximum absolute atomic E-state index is 5.98. The molecule has 0 radical (unpaired) electrons. The minimum absolute atomic E-state index is 0.0129. The topological polar surface area (TPSA) is 69.6 Å². The first kappa shape index (κ1) is 11.7. The summed E-state index contributed by atoms with van der Waals surface area (Å²) < 4.78 is 1.92. The van der Waals surface area contributed by atoms with Crippen molar-refractivity contribution in [2.75, 3.05) is 0 Å². The van der Waals surface area contributed by atoms with Crippen LogP contribution in [0.3, 0.4) is 0 Å². The fourth-order valence-electron chi connectivity index (χ4n) is 1.85. The van der Waals surface area contributed by atoms with Gasteiger partial charge in [-0.25, -0.2) is 4.68 Å². The molecule has 1 saturated carbocycles. The van der Waals surface area contributed by atoms with Gasteiger partial charge in [-0.05, 0) is 53.6 Å². The lowest BCUT2D eigenvalue weighted by Crippen LogP contribution is -2.06. The van der Waals surface area contributed by atoms with Gasteiger partial charge in [0.05, 0.1) is 6.04 Å². The highest BCUT2D eigenvalue weighted by atomic mass is 32.2. The van der Waals surface area contributed by atoms with E-state index in [0.717, 1.165) is 15.6 Å². The Morgan fingerprint density at radius 2 is 2.17 bits per heavy atom. The van der Waals surface area contributed by atoms with Gasteiger partial charge in [0.2, 0.25) is 5.16 Å². The Labute approximate surface area is 110 Å². The van der Waals surface area contributed by atoms with Crippen molar-refractivity contribution in [2.45, 2.75) is 41.9 Å². The summed E-state index contributed by atoms with van der Waals surface area (Å²) in [6.07, 6.45) is 2.35. The molecule has 0 aliphatic heterocycles. The molecule has 0 bridgehead atoms. The van der Waals surface area contributed by atoms with E-state index in [2.05, 4.69) is 27.7 Å². The predicted molar refractivity (Wildman–Crippen MR) is 69.3 cm³/mol. The van der Waals surface area contributed by atoms with Gasteiger partial charge in [0.1, 0.15) is 0 Å². The molecule has 0 saturated heterocycles. The zero-order valence-electron chi connectivity index (χ0n) is 10.2. The molecule has 2 N–H and O–H groups in total. The van der Waals surface area contributed by atoms with Crippen molar-refractivity contribution in [3.05, 3.63) is 29.8 Å². The summed E-state index contributed by atoms with van der Waals surface area (Å²) in [6.45, 7) is 1.99. The molecule has 5 nitrogen and oxygen atoms in total. The Morgan fingerprint density at radius 3 is 2.89 bits per heavy atom. The van der Waals surface area contributed by atoms with Crippen molar-refractivity contribution in [1.29, 1.82) is 0 Å². The summed E-state index contributed by atoms with van der Waals surface area (Å²) >= 11 is 1.59. The summed E-state index contributed by atoms with van der Waals surface area (Å²) in [5.74, 6) is 0. The lowest BCUT2D eigenvalue weighted by molar-refractivity contribution is 0.565. The van der Waals surface area contributed by atoms with Gasteiger partial charge in [-0.1, -0.05) is 18.2 Å². The van der Waals surface area contributed by atoms with Crippen LogP contribution >= 0.6 is 11.8 Å². The predicted octanol–water partition coefficient (Wildman–Crippen LogP) is 2.18. The van der Waals surface area contributed by atoms with Crippen LogP contribution in [0.2, 0.25) is 0 Å². The van der Waals surface area contributed by atoms with E-state index < -0.39 is 0 Å². The number of benzene rings is 1. The zero-order valence-corrected chi connectivity index (χ0v) is 11.0. The third kappa shape index (κ3) is 2.26. The Kier molecular flexibility index (Phi) is 3.05. The molecule has 1 atom stereocenters. The molecule has 1 aromatic heterocycles. The lowest BCUT2D eigenvalue weighted by Gasteiger charge is -2.11. The van der Waals surface area contributed by atoms with Crippen molar-refractivity contribution < 1.29 is 0 Å². The first-order valence-electron chi connectivity index (χ1n) is 6.06. The van der Waals surface area contributed by atoms with E-state index in [1.165, 1.54) is 12.8 Å². The average molecular weight is 261 g/mol. The second kappa shape index (κ2) is 4.70. The lowest BCUT2D eigenvalue weighted by atomic mass is 10.1. The number of hydrogen-bond donors (Lipinski definition) is 1. The molecule has 1 aliphatic rings. The summed E-state index contributed by atoms with van der Waals surface area (Å²) in [5, 5.41) is 12.8. The highest BCUT2D eigenvalue weighted by molar-refractivity contribution is 7.99. The molecule has 1 aromatic carbocycles. The third-order valence-electron chi connectivity index (χ3n) is 2.97. The standard InChI is InChI=1S/C12H15N5S/c1-8(13)10-4-2-3-5-11(10)18-12-14-15-16-17(12)9-6-7-9/h2-5,8-9H,6-7,13H2,1H3/t8-/m1/s1. The van der Waals surface area contributed by atoms with Gasteiger partial charge in [0.25, 0.3) is 0 Å². The van der Waals surface area contributed by atoms with Crippen LogP contribution in [0.25, 0.3) is 0 Å². The van der Waals surface area contributed by atoms with Crippen LogP contribution < -0.4 is 5.73 Å². The van der Waals surface area contributed by atoms with Crippen LogP contribution in [0.4, 0.5) is 0 Å². The largest absolute Gasteiger partial charge is 0.324 e. The van der Waals surface area contributed by atoms with Gasteiger partial charge in [-0.2, -0.15) is 0 Å². The van der Waals surface area contributed by atoms with Crippen LogP contribution in [0.15, 0.2) is 34.3 Å². The molecule has 1 heterocycles. The molecule has 1 aliphatic carbocycles. The molecule has 2 aromatic rings. The van der Waals surface area contributed by atoms with Gasteiger partial charge in [0.15, 0.2) is 0 Å². The van der Waals surface area contributed by atoms with E-state index >= 15 is 0 Å². The SMILES string of the molecule is C[C@@H](N)c1ccccc1Sc1nnnn1C1CC1. The maximum Gasteiger partial charge on any atom is 0.214 e. The zero-order chi connectivity index (χ0) is 12.5. The first-order chi connectivity index (χ1) is 8.75. The van der Waals surface area contributed by atoms with Crippen LogP contribution in [0.1, 0.15) is 37.4 Å². The fourth-order valence-corrected chi connectivity index (χ4v) is 2.92. The smallest absolute Gasteiger partial charge is 0.214 e. The molecule has 1 fully saturated rings. The minimum atomic E-state index is 0.0129. The van der Waals surface area contributed by atoms with Crippen LogP contribution in [0, 0.1) is 0 Å². The number of hydrogen-bond acceptors (Lipinski definition) is 5. The number of rotatable bonds is 4. The Hall–Kier alpha value is -1.40. The average Bonchev–Trinajstić information content (AvgIpc) is 3.11. The molecule has 18 heavy (non-hydrogen) atoms. The Morgan fingerprint density at radius 1 is 1.39 bits per heavy atom. The third-order valence-corrected chi connectivity index (χ3v) is 4.01. The Bertz CT molecular complexity index is 547. The summed E-state index contributed by atoms with van der Waals surface area (Å²) in [7, 11) is 0. The normalized spacial score (nSPS) is 16.8. The quantitative estimate of drug-likeness (QED) is 0.913. The summed E-state index contributed by atoms with van der Waals surface area (Å²) in [5.41, 5.74) is 7.11. The number of aromatic nitrogens is 4. The van der Waals surface area contributed by atoms with E-state index in [0.29, 0.717) is 6.04 Å². The van der Waals surface area contributed by atoms with Crippen molar-refractivity contribution in [2.24, 2.45) is 5.73 Å². The summed E-state index contributed by atoms with van der Waals surface area (Å²) in [4.78, 5) is 1.13. The summed E-state index contributed by atoms with van der Waals surface area (Å²) in [6, 6.07) is 8.64. The molecule has 0 amide bonds. The van der Waals surface area contributed by atoms with E-state index in [1.54, 1.807) is 11.8 Å². The van der Waals surface area contributed by atoms with Gasteiger partial charge >= 0.3 is 0 Å². The fraction of sp³-hybridized carbons (Fsp3) is 0.417. The minimum Gasteiger partial charge on any atom is -0.324 e. The number of nitrogens with two attached hydrogens (primary N) is 1. The molecule has 0 spiro atoms. The van der Waals surface area contributed by atoms with Gasteiger partial charge < -0.3 is 5.73 Å². The van der Waals surface area contributed by atoms with Crippen LogP contribution in [-0.4, -0.2) is 20.2 Å². The monoisotopic (exact) mass is 261 g/mol. The van der Waals surface area contributed by atoms with Crippen LogP contribution in [0.5, 0.6) is 0 Å². The van der Waals surface area contributed by atoms with Gasteiger partial charge in [-0.3, -0.25) is 0 Å². The van der Waals surface area contributed by atoms with E-state index in [1.807, 2.05) is 23.7 Å². The molecule has 0 unspecified atom stereocenters. The van der Waals surface area contributed by atoms with Crippen molar-refractivity contribution in [3.8, 4) is 0 Å². The van der Waals surface area contributed by atoms with E-state index in [4.69, 9.17) is 5.73 Å². The van der Waals surface area contributed by atoms with Crippen molar-refractivity contribution in [1.82, 2.24) is 20.2 Å². The first-order valence-corrected chi connectivity index (χ1v) is 6.87. The van der Waals surface area contributed by atoms with Crippen LogP contribution in [-0.2, 0) is 0 Å². The molecule has 6 heteroatoms. The molecule has 3 rings (SSSR count). The molecular formula is C12H15N5S. The van der Waals surface area contributed by atoms with Crippen molar-refractivity contribution >= 4 is 11.8 Å². The number of tetrazole rings is 1. The molecule has 94 valence electrons. The molecular weight excluding hydrogens is 246 g/mol. The maximum atomic E-state index is 5.98. The Balaban J connectivity index is 1.89. The highest BCUT2D eigenvalue weighted by Crippen LogP contribution is 2.39. The number of nitrogens with zero attached hydrogens (tertiary/aromatic N) is 4. The van der Waals surface area contributed by atoms with Gasteiger partial charge in [0, 0.05) is 10.9 Å². The second-order valence-corrected chi connectivity index (χ2v) is 5.57. The van der Waals surface area contributed by atoms with Crippen molar-refractivity contribution in [3.63, 3.8) is 0 Å². The van der Waals surface area contributed by atoms with E-state index in [-0.39, 0.29) is 6.04 Å².